The van der Waals surface area contributed by atoms with E-state index in [4.69, 9.17) is 0 Å². The number of amides is 3. The Morgan fingerprint density at radius 2 is 1.93 bits per heavy atom. The van der Waals surface area contributed by atoms with Crippen LogP contribution in [-0.4, -0.2) is 68.5 Å². The van der Waals surface area contributed by atoms with Gasteiger partial charge in [0.25, 0.3) is 0 Å². The predicted octanol–water partition coefficient (Wildman–Crippen LogP) is 3.07. The molecule has 0 N–H and O–H groups in total. The van der Waals surface area contributed by atoms with Gasteiger partial charge < -0.3 is 19.3 Å². The molecule has 2 atom stereocenters. The van der Waals surface area contributed by atoms with E-state index in [2.05, 4.69) is 21.8 Å². The minimum Gasteiger partial charge on any atom is -0.360 e. The molecule has 0 aliphatic carbocycles. The first-order valence-corrected chi connectivity index (χ1v) is 13.9. The van der Waals surface area contributed by atoms with E-state index in [9.17, 15) is 27.6 Å². The van der Waals surface area contributed by atoms with Gasteiger partial charge >= 0.3 is 6.18 Å². The standard InChI is InChI=1S/C29H28F4N8O3/c1-4-24(42)38-8-9-40-22(14-38)35-36-23(40)15-39-13-17-11-25(43)41(21-12-18(29(31,32)33)10-16(2)34-21)26(17)28(44)37(3)20-7-5-6-19(30)27(20)39/h4-7,10,12,17,26H,1,8-9,11,13-15H2,2-3H3/t17-,26+/m1/s1. The zero-order valence-corrected chi connectivity index (χ0v) is 23.9. The second-order valence-electron chi connectivity index (χ2n) is 11.1. The highest BCUT2D eigenvalue weighted by Gasteiger charge is 2.49. The fourth-order valence-electron chi connectivity index (χ4n) is 6.23. The number of carbonyl (C=O) groups excluding carboxylic acids is 3. The number of para-hydroxylation sites is 1. The van der Waals surface area contributed by atoms with Gasteiger partial charge in [0.1, 0.15) is 17.7 Å². The fraction of sp³-hybridized carbons (Fsp3) is 0.379. The molecule has 15 heteroatoms. The Bertz CT molecular complexity index is 1690. The van der Waals surface area contributed by atoms with Crippen molar-refractivity contribution in [1.29, 1.82) is 0 Å². The summed E-state index contributed by atoms with van der Waals surface area (Å²) >= 11 is 0. The number of benzene rings is 1. The number of hydrogen-bond donors (Lipinski definition) is 0. The molecule has 0 bridgehead atoms. The molecule has 0 spiro atoms. The molecule has 1 fully saturated rings. The Morgan fingerprint density at radius 1 is 1.16 bits per heavy atom. The molecule has 1 aromatic carbocycles. The number of rotatable bonds is 4. The number of anilines is 3. The number of nitrogens with zero attached hydrogens (tertiary/aromatic N) is 8. The van der Waals surface area contributed by atoms with Gasteiger partial charge in [-0.3, -0.25) is 19.3 Å². The van der Waals surface area contributed by atoms with E-state index in [1.807, 2.05) is 4.57 Å². The number of aryl methyl sites for hydroxylation is 1. The Kier molecular flexibility index (Phi) is 7.13. The van der Waals surface area contributed by atoms with Crippen LogP contribution in [0, 0.1) is 18.7 Å². The highest BCUT2D eigenvalue weighted by Crippen LogP contribution is 2.41. The molecule has 0 saturated carbocycles. The summed E-state index contributed by atoms with van der Waals surface area (Å²) in [6.45, 7) is 5.98. The van der Waals surface area contributed by atoms with E-state index >= 15 is 4.39 Å². The molecular formula is C29H28F4N8O3. The smallest absolute Gasteiger partial charge is 0.360 e. The summed E-state index contributed by atoms with van der Waals surface area (Å²) in [5.74, 6) is -1.93. The fourth-order valence-corrected chi connectivity index (χ4v) is 6.23. The quantitative estimate of drug-likeness (QED) is 0.329. The van der Waals surface area contributed by atoms with Crippen LogP contribution in [0.4, 0.5) is 34.8 Å². The second-order valence-corrected chi connectivity index (χ2v) is 11.1. The third-order valence-corrected chi connectivity index (χ3v) is 8.27. The Balaban J connectivity index is 1.40. The monoisotopic (exact) mass is 612 g/mol. The molecule has 3 aliphatic heterocycles. The molecule has 11 nitrogen and oxygen atoms in total. The molecule has 3 amide bonds. The lowest BCUT2D eigenvalue weighted by Crippen LogP contribution is -2.52. The van der Waals surface area contributed by atoms with Crippen LogP contribution < -0.4 is 14.7 Å². The van der Waals surface area contributed by atoms with Gasteiger partial charge in [0, 0.05) is 44.7 Å². The van der Waals surface area contributed by atoms with E-state index in [1.54, 1.807) is 15.9 Å². The SMILES string of the molecule is C=CC(=O)N1CCn2c(nnc2CN2C[C@H]3CC(=O)N(c4cc(C(F)(F)F)cc(C)n4)[C@@H]3C(=O)N(C)c3cccc(F)c32)C1. The highest BCUT2D eigenvalue weighted by atomic mass is 19.4. The van der Waals surface area contributed by atoms with Gasteiger partial charge in [-0.2, -0.15) is 13.2 Å². The van der Waals surface area contributed by atoms with E-state index in [0.717, 1.165) is 17.0 Å². The van der Waals surface area contributed by atoms with Crippen molar-refractivity contribution in [3.63, 3.8) is 0 Å². The Morgan fingerprint density at radius 3 is 2.66 bits per heavy atom. The van der Waals surface area contributed by atoms with Crippen molar-refractivity contribution in [2.45, 2.75) is 45.2 Å². The average molecular weight is 613 g/mol. The van der Waals surface area contributed by atoms with Gasteiger partial charge in [0.05, 0.1) is 30.0 Å². The zero-order valence-electron chi connectivity index (χ0n) is 23.9. The molecule has 6 rings (SSSR count). The van der Waals surface area contributed by atoms with Gasteiger partial charge in [-0.1, -0.05) is 12.6 Å². The maximum Gasteiger partial charge on any atom is 0.416 e. The van der Waals surface area contributed by atoms with Crippen LogP contribution in [0.1, 0.15) is 29.3 Å². The molecule has 5 heterocycles. The topological polar surface area (TPSA) is 108 Å². The summed E-state index contributed by atoms with van der Waals surface area (Å²) in [7, 11) is 1.44. The van der Waals surface area contributed by atoms with Gasteiger partial charge in [-0.25, -0.2) is 9.37 Å². The van der Waals surface area contributed by atoms with E-state index < -0.39 is 41.3 Å². The lowest BCUT2D eigenvalue weighted by atomic mass is 9.95. The van der Waals surface area contributed by atoms with Crippen LogP contribution in [0.5, 0.6) is 0 Å². The molecule has 44 heavy (non-hydrogen) atoms. The van der Waals surface area contributed by atoms with Crippen molar-refractivity contribution >= 4 is 34.9 Å². The molecule has 0 radical (unpaired) electrons. The summed E-state index contributed by atoms with van der Waals surface area (Å²) in [6.07, 6.45) is -3.63. The minimum atomic E-state index is -4.69. The van der Waals surface area contributed by atoms with Crippen molar-refractivity contribution < 1.29 is 31.9 Å². The van der Waals surface area contributed by atoms with E-state index in [1.165, 1.54) is 37.1 Å². The highest BCUT2D eigenvalue weighted by molar-refractivity contribution is 6.10. The number of hydrogen-bond acceptors (Lipinski definition) is 7. The number of pyridine rings is 1. The van der Waals surface area contributed by atoms with Crippen molar-refractivity contribution in [2.24, 2.45) is 5.92 Å². The first-order valence-electron chi connectivity index (χ1n) is 13.9. The minimum absolute atomic E-state index is 0.0155. The Labute approximate surface area is 249 Å². The number of alkyl halides is 3. The molecule has 230 valence electrons. The summed E-state index contributed by atoms with van der Waals surface area (Å²) < 4.78 is 58.4. The van der Waals surface area contributed by atoms with E-state index in [0.29, 0.717) is 24.7 Å². The van der Waals surface area contributed by atoms with Gasteiger partial charge in [-0.15, -0.1) is 10.2 Å². The largest absolute Gasteiger partial charge is 0.416 e. The molecular weight excluding hydrogens is 584 g/mol. The van der Waals surface area contributed by atoms with Crippen molar-refractivity contribution in [3.05, 3.63) is 71.7 Å². The van der Waals surface area contributed by atoms with Crippen LogP contribution in [0.3, 0.4) is 0 Å². The summed E-state index contributed by atoms with van der Waals surface area (Å²) in [5.41, 5.74) is -0.599. The summed E-state index contributed by atoms with van der Waals surface area (Å²) in [6, 6.07) is 4.74. The molecule has 1 saturated heterocycles. The maximum atomic E-state index is 15.6. The van der Waals surface area contributed by atoms with Crippen LogP contribution in [-0.2, 0) is 40.2 Å². The number of fused-ring (bicyclic) bond motifs is 3. The van der Waals surface area contributed by atoms with Crippen molar-refractivity contribution in [3.8, 4) is 0 Å². The first-order chi connectivity index (χ1) is 20.9. The molecule has 2 aromatic heterocycles. The third kappa shape index (κ3) is 4.95. The third-order valence-electron chi connectivity index (χ3n) is 8.27. The van der Waals surface area contributed by atoms with Crippen LogP contribution in [0.25, 0.3) is 0 Å². The number of likely N-dealkylation sites (N-methyl/N-ethyl adjacent to an activating group) is 1. The van der Waals surface area contributed by atoms with Crippen LogP contribution >= 0.6 is 0 Å². The van der Waals surface area contributed by atoms with Crippen LogP contribution in [0.15, 0.2) is 43.0 Å². The molecule has 3 aromatic rings. The molecule has 0 unspecified atom stereocenters. The Hall–Kier alpha value is -4.82. The number of carbonyl (C=O) groups is 3. The second kappa shape index (κ2) is 10.7. The first kappa shape index (κ1) is 29.3. The lowest BCUT2D eigenvalue weighted by molar-refractivity contribution is -0.137. The normalized spacial score (nSPS) is 20.2. The summed E-state index contributed by atoms with van der Waals surface area (Å²) in [5, 5.41) is 8.56. The van der Waals surface area contributed by atoms with Crippen molar-refractivity contribution in [2.75, 3.05) is 34.8 Å². The average Bonchev–Trinajstić information content (AvgIpc) is 3.53. The predicted molar refractivity (Wildman–Crippen MR) is 150 cm³/mol. The number of halogens is 4. The maximum absolute atomic E-state index is 15.6. The van der Waals surface area contributed by atoms with Crippen LogP contribution in [0.2, 0.25) is 0 Å². The van der Waals surface area contributed by atoms with Gasteiger partial charge in [0.2, 0.25) is 17.7 Å². The summed E-state index contributed by atoms with van der Waals surface area (Å²) in [4.78, 5) is 49.2. The van der Waals surface area contributed by atoms with Gasteiger partial charge in [-0.05, 0) is 37.3 Å². The molecule has 3 aliphatic rings. The number of aromatic nitrogens is 4. The zero-order chi connectivity index (χ0) is 31.5. The lowest BCUT2D eigenvalue weighted by Gasteiger charge is -2.38. The van der Waals surface area contributed by atoms with Gasteiger partial charge in [0.15, 0.2) is 11.6 Å². The van der Waals surface area contributed by atoms with Crippen molar-refractivity contribution in [1.82, 2.24) is 24.6 Å². The van der Waals surface area contributed by atoms with E-state index in [-0.39, 0.29) is 54.8 Å².